The summed E-state index contributed by atoms with van der Waals surface area (Å²) in [6.07, 6.45) is 0. The molecule has 0 aromatic carbocycles. The van der Waals surface area contributed by atoms with E-state index in [0.717, 1.165) is 9.80 Å². The fraction of sp³-hybridized carbons (Fsp3) is 0.500. The molecule has 0 aromatic rings. The van der Waals surface area contributed by atoms with Crippen LogP contribution in [0.15, 0.2) is 13.2 Å². The average Bonchev–Trinajstić information content (AvgIpc) is 2.35. The maximum atomic E-state index is 10.6. The van der Waals surface area contributed by atoms with Crippen molar-refractivity contribution in [3.05, 3.63) is 13.2 Å². The Morgan fingerprint density at radius 1 is 0.583 bits per heavy atom. The van der Waals surface area contributed by atoms with Crippen molar-refractivity contribution in [2.24, 2.45) is 0 Å². The van der Waals surface area contributed by atoms with Gasteiger partial charge < -0.3 is 20.4 Å². The first kappa shape index (κ1) is 31.3. The Morgan fingerprint density at radius 3 is 0.875 bits per heavy atom. The fourth-order valence-electron chi connectivity index (χ4n) is 1.48. The standard InChI is InChI=1S/C10H16N2O8.C2H4.2Na/c13-7(14)3-11(4-8(15)16)1-2-12(5-9(17)18)6-10(19)20;1-2;;/h1-6H2,(H,13,14)(H,15,16)(H,17,18)(H,19,20);1-2H2;;. The molecule has 10 nitrogen and oxygen atoms in total. The second-order valence-corrected chi connectivity index (χ2v) is 4.00. The topological polar surface area (TPSA) is 156 Å². The first-order valence-electron chi connectivity index (χ1n) is 6.02. The molecule has 12 heteroatoms. The minimum Gasteiger partial charge on any atom is -0.480 e. The Labute approximate surface area is 183 Å². The quantitative estimate of drug-likeness (QED) is 0.237. The maximum Gasteiger partial charge on any atom is 0.317 e. The van der Waals surface area contributed by atoms with E-state index in [0.29, 0.717) is 0 Å². The Morgan fingerprint density at radius 2 is 0.750 bits per heavy atom. The second-order valence-electron chi connectivity index (χ2n) is 4.00. The van der Waals surface area contributed by atoms with Gasteiger partial charge in [0.1, 0.15) is 0 Å². The SMILES string of the molecule is C=C.O=C(O)CN(CCN(CC(=O)O)CC(=O)O)CC(=O)O.[Na].[Na]. The summed E-state index contributed by atoms with van der Waals surface area (Å²) >= 11 is 0. The van der Waals surface area contributed by atoms with Crippen LogP contribution in [0.1, 0.15) is 0 Å². The Kier molecular flexibility index (Phi) is 24.6. The van der Waals surface area contributed by atoms with Crippen LogP contribution < -0.4 is 0 Å². The molecule has 0 heterocycles. The zero-order valence-electron chi connectivity index (χ0n) is 14.0. The molecule has 0 unspecified atom stereocenters. The van der Waals surface area contributed by atoms with E-state index in [1.807, 2.05) is 0 Å². The molecule has 4 N–H and O–H groups in total. The van der Waals surface area contributed by atoms with Gasteiger partial charge in [0.15, 0.2) is 0 Å². The molecule has 0 amide bonds. The number of rotatable bonds is 11. The van der Waals surface area contributed by atoms with Gasteiger partial charge in [0.2, 0.25) is 0 Å². The molecule has 0 rings (SSSR count). The number of aliphatic carboxylic acids is 4. The van der Waals surface area contributed by atoms with Crippen molar-refractivity contribution in [2.45, 2.75) is 0 Å². The van der Waals surface area contributed by atoms with Crippen molar-refractivity contribution in [1.82, 2.24) is 9.80 Å². The van der Waals surface area contributed by atoms with Crippen LogP contribution in [0.25, 0.3) is 0 Å². The normalized spacial score (nSPS) is 9.08. The van der Waals surface area contributed by atoms with Gasteiger partial charge in [-0.25, -0.2) is 0 Å². The van der Waals surface area contributed by atoms with Crippen LogP contribution in [0, 0.1) is 0 Å². The van der Waals surface area contributed by atoms with E-state index in [-0.39, 0.29) is 72.2 Å². The number of hydrogen-bond acceptors (Lipinski definition) is 6. The molecule has 0 aliphatic rings. The molecule has 0 bridgehead atoms. The average molecular weight is 366 g/mol. The summed E-state index contributed by atoms with van der Waals surface area (Å²) in [6, 6.07) is 0. The summed E-state index contributed by atoms with van der Waals surface area (Å²) in [5.41, 5.74) is 0. The minimum absolute atomic E-state index is 0. The largest absolute Gasteiger partial charge is 0.480 e. The summed E-state index contributed by atoms with van der Waals surface area (Å²) in [5.74, 6) is -4.91. The van der Waals surface area contributed by atoms with Crippen molar-refractivity contribution >= 4 is 83.0 Å². The van der Waals surface area contributed by atoms with E-state index in [1.54, 1.807) is 0 Å². The van der Waals surface area contributed by atoms with E-state index in [1.165, 1.54) is 0 Å². The summed E-state index contributed by atoms with van der Waals surface area (Å²) < 4.78 is 0. The van der Waals surface area contributed by atoms with E-state index >= 15 is 0 Å². The molecule has 0 atom stereocenters. The third-order valence-electron chi connectivity index (χ3n) is 2.17. The van der Waals surface area contributed by atoms with Gasteiger partial charge in [-0.15, -0.1) is 13.2 Å². The van der Waals surface area contributed by atoms with Gasteiger partial charge in [-0.1, -0.05) is 0 Å². The molecule has 0 fully saturated rings. The predicted molar refractivity (Wildman–Crippen MR) is 86.2 cm³/mol. The molecule has 0 aliphatic heterocycles. The molecule has 0 aromatic heterocycles. The van der Waals surface area contributed by atoms with Crippen molar-refractivity contribution in [1.29, 1.82) is 0 Å². The zero-order valence-corrected chi connectivity index (χ0v) is 18.0. The monoisotopic (exact) mass is 366 g/mol. The van der Waals surface area contributed by atoms with E-state index in [9.17, 15) is 19.2 Å². The summed E-state index contributed by atoms with van der Waals surface area (Å²) in [5, 5.41) is 34.5. The zero-order chi connectivity index (χ0) is 17.7. The molecule has 128 valence electrons. The van der Waals surface area contributed by atoms with E-state index < -0.39 is 50.1 Å². The van der Waals surface area contributed by atoms with Gasteiger partial charge in [0.05, 0.1) is 26.2 Å². The minimum atomic E-state index is -1.23. The number of carboxylic acids is 4. The van der Waals surface area contributed by atoms with Crippen molar-refractivity contribution in [2.75, 3.05) is 39.3 Å². The number of carboxylic acid groups (broad SMARTS) is 4. The fourth-order valence-corrected chi connectivity index (χ4v) is 1.48. The summed E-state index contributed by atoms with van der Waals surface area (Å²) in [6.45, 7) is 3.75. The molecule has 0 spiro atoms. The summed E-state index contributed by atoms with van der Waals surface area (Å²) in [7, 11) is 0. The van der Waals surface area contributed by atoms with E-state index in [4.69, 9.17) is 20.4 Å². The first-order chi connectivity index (χ1) is 10.2. The predicted octanol–water partition coefficient (Wildman–Crippen LogP) is -2.03. The smallest absolute Gasteiger partial charge is 0.317 e. The Bertz CT molecular complexity index is 341. The second kappa shape index (κ2) is 18.9. The van der Waals surface area contributed by atoms with Crippen molar-refractivity contribution < 1.29 is 39.6 Å². The van der Waals surface area contributed by atoms with Crippen LogP contribution in [-0.2, 0) is 19.2 Å². The van der Waals surface area contributed by atoms with Gasteiger partial charge in [-0.3, -0.25) is 29.0 Å². The molecule has 2 radical (unpaired) electrons. The first-order valence-corrected chi connectivity index (χ1v) is 6.02. The third kappa shape index (κ3) is 21.5. The number of hydrogen-bond donors (Lipinski definition) is 4. The number of carbonyl (C=O) groups is 4. The third-order valence-corrected chi connectivity index (χ3v) is 2.17. The molecule has 0 saturated carbocycles. The molecular formula is C12H20N2Na2O8. The van der Waals surface area contributed by atoms with Crippen molar-refractivity contribution in [3.63, 3.8) is 0 Å². The van der Waals surface area contributed by atoms with Gasteiger partial charge >= 0.3 is 23.9 Å². The van der Waals surface area contributed by atoms with Gasteiger partial charge in [-0.2, -0.15) is 0 Å². The van der Waals surface area contributed by atoms with Crippen LogP contribution in [0.4, 0.5) is 0 Å². The molecule has 24 heavy (non-hydrogen) atoms. The Hall–Kier alpha value is -0.460. The van der Waals surface area contributed by atoms with Gasteiger partial charge in [0.25, 0.3) is 0 Å². The van der Waals surface area contributed by atoms with Crippen LogP contribution in [0.3, 0.4) is 0 Å². The summed E-state index contributed by atoms with van der Waals surface area (Å²) in [4.78, 5) is 44.4. The van der Waals surface area contributed by atoms with Crippen LogP contribution >= 0.6 is 0 Å². The maximum absolute atomic E-state index is 10.6. The van der Waals surface area contributed by atoms with Crippen LogP contribution in [-0.4, -0.2) is 152 Å². The van der Waals surface area contributed by atoms with Crippen LogP contribution in [0.2, 0.25) is 0 Å². The number of nitrogens with zero attached hydrogens (tertiary/aromatic N) is 2. The Balaban J connectivity index is -0.000000480. The van der Waals surface area contributed by atoms with Crippen LogP contribution in [0.5, 0.6) is 0 Å². The van der Waals surface area contributed by atoms with Gasteiger partial charge in [0, 0.05) is 72.2 Å². The van der Waals surface area contributed by atoms with E-state index in [2.05, 4.69) is 13.2 Å². The van der Waals surface area contributed by atoms with Gasteiger partial charge in [-0.05, 0) is 0 Å². The molecular weight excluding hydrogens is 346 g/mol. The van der Waals surface area contributed by atoms with Crippen molar-refractivity contribution in [3.8, 4) is 0 Å². The molecule has 0 aliphatic carbocycles. The molecule has 0 saturated heterocycles.